The van der Waals surface area contributed by atoms with Crippen LogP contribution in [0.25, 0.3) is 0 Å². The molecule has 2 aliphatic heterocycles. The van der Waals surface area contributed by atoms with Crippen LogP contribution in [0, 0.1) is 0 Å². The van der Waals surface area contributed by atoms with Gasteiger partial charge in [0.15, 0.2) is 0 Å². The number of piperidine rings is 1. The Morgan fingerprint density at radius 2 is 1.68 bits per heavy atom. The summed E-state index contributed by atoms with van der Waals surface area (Å²) in [6.07, 6.45) is 6.32. The topological polar surface area (TPSA) is 56.1 Å². The molecular weight excluding hydrogens is 242 g/mol. The van der Waals surface area contributed by atoms with Crippen LogP contribution in [0.15, 0.2) is 5.16 Å². The van der Waals surface area contributed by atoms with Crippen LogP contribution in [0.5, 0.6) is 0 Å². The number of rotatable bonds is 2. The number of likely N-dealkylation sites (tertiary alicyclic amines) is 2. The van der Waals surface area contributed by atoms with E-state index in [4.69, 9.17) is 5.21 Å². The molecule has 0 aromatic rings. The van der Waals surface area contributed by atoms with Gasteiger partial charge in [0.1, 0.15) is 0 Å². The van der Waals surface area contributed by atoms with Gasteiger partial charge in [-0.1, -0.05) is 18.0 Å². The highest BCUT2D eigenvalue weighted by Crippen LogP contribution is 2.15. The second-order valence-electron chi connectivity index (χ2n) is 5.62. The Balaban J connectivity index is 1.88. The zero-order chi connectivity index (χ0) is 13.7. The molecule has 1 atom stereocenters. The number of amides is 1. The monoisotopic (exact) mass is 267 g/mol. The lowest BCUT2D eigenvalue weighted by molar-refractivity contribution is -0.136. The highest BCUT2D eigenvalue weighted by Gasteiger charge is 2.28. The minimum atomic E-state index is -0.0432. The maximum absolute atomic E-state index is 12.5. The SMILES string of the molecule is CC(C(=O)N1CCCCCC1)N1CCC(=NO)CC1. The molecule has 19 heavy (non-hydrogen) atoms. The minimum Gasteiger partial charge on any atom is -0.411 e. The number of carbonyl (C=O) groups excluding carboxylic acids is 1. The second kappa shape index (κ2) is 6.89. The van der Waals surface area contributed by atoms with E-state index in [0.717, 1.165) is 57.6 Å². The lowest BCUT2D eigenvalue weighted by atomic mass is 10.1. The normalized spacial score (nSPS) is 23.8. The van der Waals surface area contributed by atoms with E-state index in [-0.39, 0.29) is 11.9 Å². The Morgan fingerprint density at radius 3 is 2.21 bits per heavy atom. The summed E-state index contributed by atoms with van der Waals surface area (Å²) in [5.74, 6) is 0.270. The van der Waals surface area contributed by atoms with Gasteiger partial charge in [-0.2, -0.15) is 0 Å². The third kappa shape index (κ3) is 3.69. The van der Waals surface area contributed by atoms with Crippen molar-refractivity contribution in [1.82, 2.24) is 9.80 Å². The number of carbonyl (C=O) groups is 1. The van der Waals surface area contributed by atoms with E-state index in [1.54, 1.807) is 0 Å². The zero-order valence-corrected chi connectivity index (χ0v) is 11.8. The molecule has 1 N–H and O–H groups in total. The maximum atomic E-state index is 12.5. The quantitative estimate of drug-likeness (QED) is 0.612. The molecule has 108 valence electrons. The van der Waals surface area contributed by atoms with Crippen molar-refractivity contribution < 1.29 is 10.0 Å². The fraction of sp³-hybridized carbons (Fsp3) is 0.857. The van der Waals surface area contributed by atoms with Crippen molar-refractivity contribution in [2.75, 3.05) is 26.2 Å². The van der Waals surface area contributed by atoms with E-state index in [1.165, 1.54) is 12.8 Å². The molecule has 0 aromatic heterocycles. The number of oxime groups is 1. The van der Waals surface area contributed by atoms with Crippen molar-refractivity contribution in [3.63, 3.8) is 0 Å². The predicted molar refractivity (Wildman–Crippen MR) is 74.5 cm³/mol. The molecule has 2 saturated heterocycles. The van der Waals surface area contributed by atoms with Crippen molar-refractivity contribution in [2.24, 2.45) is 5.16 Å². The van der Waals surface area contributed by atoms with Gasteiger partial charge in [-0.25, -0.2) is 0 Å². The van der Waals surface area contributed by atoms with Crippen LogP contribution in [0.4, 0.5) is 0 Å². The standard InChI is InChI=1S/C14H25N3O2/c1-12(16-10-6-13(15-19)7-11-16)14(18)17-8-4-2-3-5-9-17/h12,19H,2-11H2,1H3. The van der Waals surface area contributed by atoms with Gasteiger partial charge in [-0.15, -0.1) is 0 Å². The van der Waals surface area contributed by atoms with E-state index in [9.17, 15) is 4.79 Å². The average molecular weight is 267 g/mol. The molecule has 5 heteroatoms. The summed E-state index contributed by atoms with van der Waals surface area (Å²) in [5, 5.41) is 12.0. The molecule has 0 radical (unpaired) electrons. The summed E-state index contributed by atoms with van der Waals surface area (Å²) in [4.78, 5) is 16.8. The van der Waals surface area contributed by atoms with Gasteiger partial charge < -0.3 is 10.1 Å². The minimum absolute atomic E-state index is 0.0432. The average Bonchev–Trinajstić information content (AvgIpc) is 2.75. The summed E-state index contributed by atoms with van der Waals surface area (Å²) in [7, 11) is 0. The maximum Gasteiger partial charge on any atom is 0.239 e. The van der Waals surface area contributed by atoms with Gasteiger partial charge in [0.25, 0.3) is 0 Å². The first kappa shape index (κ1) is 14.3. The lowest BCUT2D eigenvalue weighted by Crippen LogP contribution is -2.50. The Bertz CT molecular complexity index is 326. The second-order valence-corrected chi connectivity index (χ2v) is 5.62. The van der Waals surface area contributed by atoms with Gasteiger partial charge in [0.05, 0.1) is 11.8 Å². The lowest BCUT2D eigenvalue weighted by Gasteiger charge is -2.34. The smallest absolute Gasteiger partial charge is 0.239 e. The Hall–Kier alpha value is -1.10. The Morgan fingerprint density at radius 1 is 1.11 bits per heavy atom. The van der Waals surface area contributed by atoms with Crippen molar-refractivity contribution >= 4 is 11.6 Å². The molecule has 2 rings (SSSR count). The molecule has 1 amide bonds. The molecular formula is C14H25N3O2. The van der Waals surface area contributed by atoms with Crippen LogP contribution < -0.4 is 0 Å². The first-order valence-corrected chi connectivity index (χ1v) is 7.45. The van der Waals surface area contributed by atoms with Gasteiger partial charge in [-0.05, 0) is 19.8 Å². The number of hydrogen-bond donors (Lipinski definition) is 1. The summed E-state index contributed by atoms with van der Waals surface area (Å²) < 4.78 is 0. The van der Waals surface area contributed by atoms with E-state index in [1.807, 2.05) is 11.8 Å². The fourth-order valence-electron chi connectivity index (χ4n) is 2.98. The Labute approximate surface area is 115 Å². The van der Waals surface area contributed by atoms with Crippen LogP contribution in [0.2, 0.25) is 0 Å². The molecule has 1 unspecified atom stereocenters. The molecule has 0 aliphatic carbocycles. The van der Waals surface area contributed by atoms with E-state index >= 15 is 0 Å². The molecule has 5 nitrogen and oxygen atoms in total. The largest absolute Gasteiger partial charge is 0.411 e. The van der Waals surface area contributed by atoms with E-state index in [2.05, 4.69) is 10.1 Å². The highest BCUT2D eigenvalue weighted by molar-refractivity contribution is 5.86. The molecule has 0 bridgehead atoms. The zero-order valence-electron chi connectivity index (χ0n) is 11.8. The summed E-state index contributed by atoms with van der Waals surface area (Å²) in [6.45, 7) is 5.48. The summed E-state index contributed by atoms with van der Waals surface area (Å²) in [5.41, 5.74) is 0.852. The van der Waals surface area contributed by atoms with Crippen molar-refractivity contribution in [1.29, 1.82) is 0 Å². The molecule has 0 aromatic carbocycles. The molecule has 2 aliphatic rings. The summed E-state index contributed by atoms with van der Waals surface area (Å²) in [6, 6.07) is -0.0432. The first-order valence-electron chi connectivity index (χ1n) is 7.45. The molecule has 0 spiro atoms. The Kier molecular flexibility index (Phi) is 5.19. The van der Waals surface area contributed by atoms with Crippen LogP contribution in [-0.2, 0) is 4.79 Å². The van der Waals surface area contributed by atoms with E-state index in [0.29, 0.717) is 0 Å². The van der Waals surface area contributed by atoms with E-state index < -0.39 is 0 Å². The summed E-state index contributed by atoms with van der Waals surface area (Å²) >= 11 is 0. The van der Waals surface area contributed by atoms with Gasteiger partial charge >= 0.3 is 0 Å². The number of hydrogen-bond acceptors (Lipinski definition) is 4. The molecule has 0 saturated carbocycles. The predicted octanol–water partition coefficient (Wildman–Crippen LogP) is 1.70. The van der Waals surface area contributed by atoms with Crippen LogP contribution in [-0.4, -0.2) is 58.8 Å². The third-order valence-corrected chi connectivity index (χ3v) is 4.34. The molecule has 2 heterocycles. The van der Waals surface area contributed by atoms with Crippen molar-refractivity contribution in [3.8, 4) is 0 Å². The number of nitrogens with zero attached hydrogens (tertiary/aromatic N) is 3. The van der Waals surface area contributed by atoms with Crippen molar-refractivity contribution in [2.45, 2.75) is 51.5 Å². The van der Waals surface area contributed by atoms with Crippen LogP contribution in [0.1, 0.15) is 45.4 Å². The fourth-order valence-corrected chi connectivity index (χ4v) is 2.98. The molecule has 2 fully saturated rings. The van der Waals surface area contributed by atoms with Gasteiger partial charge in [-0.3, -0.25) is 9.69 Å². The first-order chi connectivity index (χ1) is 9.22. The van der Waals surface area contributed by atoms with Crippen LogP contribution >= 0.6 is 0 Å². The van der Waals surface area contributed by atoms with Crippen molar-refractivity contribution in [3.05, 3.63) is 0 Å². The highest BCUT2D eigenvalue weighted by atomic mass is 16.4. The third-order valence-electron chi connectivity index (χ3n) is 4.34. The van der Waals surface area contributed by atoms with Crippen LogP contribution in [0.3, 0.4) is 0 Å². The van der Waals surface area contributed by atoms with Gasteiger partial charge in [0, 0.05) is 39.0 Å². The van der Waals surface area contributed by atoms with Gasteiger partial charge in [0.2, 0.25) is 5.91 Å².